The number of carbonyl (C=O) groups excluding carboxylic acids is 1. The highest BCUT2D eigenvalue weighted by Gasteiger charge is 2.22. The quantitative estimate of drug-likeness (QED) is 0.678. The zero-order valence-corrected chi connectivity index (χ0v) is 16.5. The first-order valence-corrected chi connectivity index (χ1v) is 9.06. The lowest BCUT2D eigenvalue weighted by molar-refractivity contribution is 0.101. The Hall–Kier alpha value is -3.19. The van der Waals surface area contributed by atoms with E-state index in [0.717, 1.165) is 34.7 Å². The molecular weight excluding hydrogens is 356 g/mol. The van der Waals surface area contributed by atoms with Gasteiger partial charge in [0.2, 0.25) is 0 Å². The molecule has 0 aliphatic carbocycles. The van der Waals surface area contributed by atoms with Gasteiger partial charge in [-0.2, -0.15) is 0 Å². The zero-order valence-electron chi connectivity index (χ0n) is 16.5. The van der Waals surface area contributed by atoms with E-state index in [1.807, 2.05) is 49.4 Å². The molecule has 0 radical (unpaired) electrons. The normalized spacial score (nSPS) is 10.7. The number of aromatic nitrogens is 3. The summed E-state index contributed by atoms with van der Waals surface area (Å²) in [5.41, 5.74) is 4.48. The van der Waals surface area contributed by atoms with Crippen LogP contribution in [-0.4, -0.2) is 35.1 Å². The summed E-state index contributed by atoms with van der Waals surface area (Å²) in [5, 5.41) is 11.3. The van der Waals surface area contributed by atoms with Crippen LogP contribution in [0.15, 0.2) is 42.5 Å². The van der Waals surface area contributed by atoms with Crippen molar-refractivity contribution < 1.29 is 14.3 Å². The van der Waals surface area contributed by atoms with E-state index in [2.05, 4.69) is 22.6 Å². The highest BCUT2D eigenvalue weighted by Crippen LogP contribution is 2.23. The van der Waals surface area contributed by atoms with Gasteiger partial charge in [-0.1, -0.05) is 30.3 Å². The summed E-state index contributed by atoms with van der Waals surface area (Å²) in [6.07, 6.45) is 0.820. The fourth-order valence-corrected chi connectivity index (χ4v) is 3.05. The topological polar surface area (TPSA) is 78.3 Å². The van der Waals surface area contributed by atoms with E-state index >= 15 is 0 Å². The van der Waals surface area contributed by atoms with Crippen LogP contribution in [0.2, 0.25) is 0 Å². The molecule has 0 saturated carbocycles. The summed E-state index contributed by atoms with van der Waals surface area (Å²) in [4.78, 5) is 13.0. The smallest absolute Gasteiger partial charge is 0.278 e. The molecule has 0 fully saturated rings. The molecule has 146 valence electrons. The number of hydrogen-bond acceptors (Lipinski definition) is 5. The van der Waals surface area contributed by atoms with Gasteiger partial charge in [-0.3, -0.25) is 4.79 Å². The van der Waals surface area contributed by atoms with Gasteiger partial charge in [-0.05, 0) is 48.7 Å². The van der Waals surface area contributed by atoms with Gasteiger partial charge in [0.15, 0.2) is 5.69 Å². The monoisotopic (exact) mass is 380 g/mol. The average molecular weight is 380 g/mol. The van der Waals surface area contributed by atoms with E-state index in [1.165, 1.54) is 0 Å². The maximum Gasteiger partial charge on any atom is 0.278 e. The number of ether oxygens (including phenoxy) is 2. The summed E-state index contributed by atoms with van der Waals surface area (Å²) in [6.45, 7) is 4.23. The van der Waals surface area contributed by atoms with E-state index in [9.17, 15) is 4.79 Å². The fraction of sp³-hybridized carbons (Fsp3) is 0.286. The van der Waals surface area contributed by atoms with Crippen molar-refractivity contribution in [2.75, 3.05) is 19.5 Å². The number of nitrogens with one attached hydrogen (secondary N) is 1. The molecule has 0 aliphatic rings. The molecule has 0 aliphatic heterocycles. The molecular formula is C21H24N4O3. The van der Waals surface area contributed by atoms with E-state index in [1.54, 1.807) is 18.9 Å². The number of nitrogens with zero attached hydrogens (tertiary/aromatic N) is 3. The Morgan fingerprint density at radius 3 is 2.54 bits per heavy atom. The molecule has 3 rings (SSSR count). The first-order chi connectivity index (χ1) is 13.6. The minimum atomic E-state index is -0.309. The molecule has 3 aromatic rings. The Kier molecular flexibility index (Phi) is 6.06. The zero-order chi connectivity index (χ0) is 20.1. The van der Waals surface area contributed by atoms with Crippen LogP contribution in [0.4, 0.5) is 5.69 Å². The van der Waals surface area contributed by atoms with Crippen molar-refractivity contribution in [1.82, 2.24) is 15.0 Å². The molecule has 1 aromatic heterocycles. The van der Waals surface area contributed by atoms with Crippen LogP contribution in [-0.2, 0) is 17.8 Å². The number of benzene rings is 2. The van der Waals surface area contributed by atoms with E-state index in [-0.39, 0.29) is 18.2 Å². The van der Waals surface area contributed by atoms with Crippen LogP contribution in [0, 0.1) is 6.92 Å². The van der Waals surface area contributed by atoms with E-state index in [4.69, 9.17) is 9.47 Å². The van der Waals surface area contributed by atoms with Crippen molar-refractivity contribution >= 4 is 11.6 Å². The number of amides is 1. The van der Waals surface area contributed by atoms with Crippen molar-refractivity contribution in [3.05, 3.63) is 65.0 Å². The molecule has 28 heavy (non-hydrogen) atoms. The molecule has 7 nitrogen and oxygen atoms in total. The third-order valence-electron chi connectivity index (χ3n) is 4.55. The lowest BCUT2D eigenvalue weighted by Gasteiger charge is -2.13. The van der Waals surface area contributed by atoms with Crippen molar-refractivity contribution in [2.24, 2.45) is 0 Å². The first kappa shape index (κ1) is 19.6. The maximum atomic E-state index is 13.0. The van der Waals surface area contributed by atoms with Gasteiger partial charge in [0, 0.05) is 12.8 Å². The second-order valence-corrected chi connectivity index (χ2v) is 6.34. The lowest BCUT2D eigenvalue weighted by Crippen LogP contribution is -2.17. The molecule has 1 heterocycles. The van der Waals surface area contributed by atoms with Gasteiger partial charge in [0.05, 0.1) is 19.4 Å². The predicted octanol–water partition coefficient (Wildman–Crippen LogP) is 3.55. The minimum absolute atomic E-state index is 0.205. The summed E-state index contributed by atoms with van der Waals surface area (Å²) >= 11 is 0. The van der Waals surface area contributed by atoms with E-state index in [0.29, 0.717) is 5.69 Å². The second-order valence-electron chi connectivity index (χ2n) is 6.34. The largest absolute Gasteiger partial charge is 0.497 e. The molecule has 0 bridgehead atoms. The summed E-state index contributed by atoms with van der Waals surface area (Å²) in [7, 11) is 3.18. The van der Waals surface area contributed by atoms with Gasteiger partial charge in [0.1, 0.15) is 11.4 Å². The Balaban J connectivity index is 1.96. The molecule has 2 aromatic carbocycles. The molecule has 0 unspecified atom stereocenters. The van der Waals surface area contributed by atoms with Gasteiger partial charge in [-0.25, -0.2) is 4.68 Å². The molecule has 0 saturated heterocycles. The number of rotatable bonds is 7. The Bertz CT molecular complexity index is 964. The Morgan fingerprint density at radius 2 is 1.89 bits per heavy atom. The summed E-state index contributed by atoms with van der Waals surface area (Å²) in [6, 6.07) is 13.3. The number of carbonyl (C=O) groups is 1. The third-order valence-corrected chi connectivity index (χ3v) is 4.55. The lowest BCUT2D eigenvalue weighted by atomic mass is 10.1. The van der Waals surface area contributed by atoms with Crippen LogP contribution in [0.5, 0.6) is 5.75 Å². The third kappa shape index (κ3) is 3.89. The first-order valence-electron chi connectivity index (χ1n) is 9.06. The second kappa shape index (κ2) is 8.67. The van der Waals surface area contributed by atoms with Crippen LogP contribution >= 0.6 is 0 Å². The average Bonchev–Trinajstić information content (AvgIpc) is 3.13. The fourth-order valence-electron chi connectivity index (χ4n) is 3.05. The SMILES string of the molecule is CCc1cccc(C)c1NC(=O)c1nnn(-c2ccc(OC)cc2)c1COC. The van der Waals surface area contributed by atoms with E-state index < -0.39 is 0 Å². The minimum Gasteiger partial charge on any atom is -0.497 e. The number of para-hydroxylation sites is 1. The number of methoxy groups -OCH3 is 2. The highest BCUT2D eigenvalue weighted by atomic mass is 16.5. The van der Waals surface area contributed by atoms with Gasteiger partial charge >= 0.3 is 0 Å². The van der Waals surface area contributed by atoms with Crippen LogP contribution in [0.1, 0.15) is 34.2 Å². The molecule has 0 atom stereocenters. The summed E-state index contributed by atoms with van der Waals surface area (Å²) in [5.74, 6) is 0.428. The standard InChI is InChI=1S/C21H24N4O3/c1-5-15-8-6-7-14(2)19(15)22-21(26)20-18(13-27-3)25(24-23-20)16-9-11-17(28-4)12-10-16/h6-12H,5,13H2,1-4H3,(H,22,26). The van der Waals surface area contributed by atoms with Crippen molar-refractivity contribution in [3.63, 3.8) is 0 Å². The number of anilines is 1. The maximum absolute atomic E-state index is 13.0. The molecule has 0 spiro atoms. The van der Waals surface area contributed by atoms with Crippen LogP contribution in [0.25, 0.3) is 5.69 Å². The van der Waals surface area contributed by atoms with Gasteiger partial charge in [0.25, 0.3) is 5.91 Å². The van der Waals surface area contributed by atoms with Gasteiger partial charge < -0.3 is 14.8 Å². The predicted molar refractivity (Wildman–Crippen MR) is 107 cm³/mol. The van der Waals surface area contributed by atoms with Crippen LogP contribution < -0.4 is 10.1 Å². The van der Waals surface area contributed by atoms with Gasteiger partial charge in [-0.15, -0.1) is 5.10 Å². The molecule has 1 N–H and O–H groups in total. The number of hydrogen-bond donors (Lipinski definition) is 1. The molecule has 1 amide bonds. The molecule has 7 heteroatoms. The number of aryl methyl sites for hydroxylation is 2. The summed E-state index contributed by atoms with van der Waals surface area (Å²) < 4.78 is 12.1. The van der Waals surface area contributed by atoms with Crippen LogP contribution in [0.3, 0.4) is 0 Å². The van der Waals surface area contributed by atoms with Crippen molar-refractivity contribution in [1.29, 1.82) is 0 Å². The Labute approximate surface area is 164 Å². The highest BCUT2D eigenvalue weighted by molar-refractivity contribution is 6.04. The van der Waals surface area contributed by atoms with Crippen molar-refractivity contribution in [3.8, 4) is 11.4 Å². The Morgan fingerprint density at radius 1 is 1.14 bits per heavy atom. The van der Waals surface area contributed by atoms with Crippen molar-refractivity contribution in [2.45, 2.75) is 26.9 Å².